The van der Waals surface area contributed by atoms with Crippen LogP contribution < -0.4 is 9.80 Å². The number of aryl methyl sites for hydroxylation is 1. The van der Waals surface area contributed by atoms with Gasteiger partial charge in [-0.3, -0.25) is 4.79 Å². The molecule has 2 aromatic heterocycles. The SMILES string of the molecule is CN(C)c1ccc(C(=O)N2CCCC3(CCc4cnc(N(C)C)nc43)C2)cn1. The average Bonchev–Trinajstić information content (AvgIpc) is 3.04. The third-order valence-electron chi connectivity index (χ3n) is 5.94. The largest absolute Gasteiger partial charge is 0.363 e. The first-order valence-corrected chi connectivity index (χ1v) is 9.86. The molecule has 7 heteroatoms. The van der Waals surface area contributed by atoms with Crippen molar-refractivity contribution in [3.63, 3.8) is 0 Å². The summed E-state index contributed by atoms with van der Waals surface area (Å²) in [5.41, 5.74) is 2.98. The van der Waals surface area contributed by atoms with Gasteiger partial charge in [-0.1, -0.05) is 0 Å². The van der Waals surface area contributed by atoms with E-state index in [4.69, 9.17) is 4.98 Å². The summed E-state index contributed by atoms with van der Waals surface area (Å²) in [6.45, 7) is 1.51. The highest BCUT2D eigenvalue weighted by atomic mass is 16.2. The summed E-state index contributed by atoms with van der Waals surface area (Å²) < 4.78 is 0. The molecule has 148 valence electrons. The van der Waals surface area contributed by atoms with Gasteiger partial charge in [0.25, 0.3) is 5.91 Å². The van der Waals surface area contributed by atoms with Crippen molar-refractivity contribution in [3.05, 3.63) is 41.3 Å². The van der Waals surface area contributed by atoms with Crippen molar-refractivity contribution in [3.8, 4) is 0 Å². The summed E-state index contributed by atoms with van der Waals surface area (Å²) >= 11 is 0. The first kappa shape index (κ1) is 18.7. The van der Waals surface area contributed by atoms with Crippen molar-refractivity contribution in [2.45, 2.75) is 31.1 Å². The molecule has 4 rings (SSSR count). The van der Waals surface area contributed by atoms with Gasteiger partial charge in [-0.05, 0) is 43.4 Å². The van der Waals surface area contributed by atoms with E-state index in [2.05, 4.69) is 9.97 Å². The number of likely N-dealkylation sites (tertiary alicyclic amines) is 1. The normalized spacial score (nSPS) is 20.9. The van der Waals surface area contributed by atoms with Crippen LogP contribution in [0.5, 0.6) is 0 Å². The van der Waals surface area contributed by atoms with E-state index in [0.717, 1.165) is 56.2 Å². The van der Waals surface area contributed by atoms with Crippen molar-refractivity contribution >= 4 is 17.7 Å². The van der Waals surface area contributed by atoms with E-state index in [-0.39, 0.29) is 11.3 Å². The lowest BCUT2D eigenvalue weighted by Crippen LogP contribution is -2.48. The van der Waals surface area contributed by atoms with Crippen LogP contribution in [0.2, 0.25) is 0 Å². The second kappa shape index (κ2) is 7.04. The van der Waals surface area contributed by atoms with Gasteiger partial charge in [-0.25, -0.2) is 15.0 Å². The summed E-state index contributed by atoms with van der Waals surface area (Å²) in [5.74, 6) is 1.66. The van der Waals surface area contributed by atoms with Crippen molar-refractivity contribution < 1.29 is 4.79 Å². The number of amides is 1. The highest BCUT2D eigenvalue weighted by Gasteiger charge is 2.45. The van der Waals surface area contributed by atoms with Gasteiger partial charge < -0.3 is 14.7 Å². The van der Waals surface area contributed by atoms with E-state index in [1.165, 1.54) is 5.56 Å². The Bertz CT molecular complexity index is 875. The number of hydrogen-bond acceptors (Lipinski definition) is 6. The van der Waals surface area contributed by atoms with Gasteiger partial charge >= 0.3 is 0 Å². The molecule has 0 saturated carbocycles. The van der Waals surface area contributed by atoms with Gasteiger partial charge in [0.15, 0.2) is 0 Å². The standard InChI is InChI=1S/C21H28N6O/c1-25(2)17-7-6-16(13-22-17)19(28)27-11-5-9-21(14-27)10-8-15-12-23-20(26(3)4)24-18(15)21/h6-7,12-13H,5,8-11,14H2,1-4H3. The molecule has 1 amide bonds. The molecule has 1 atom stereocenters. The van der Waals surface area contributed by atoms with Crippen LogP contribution in [0.25, 0.3) is 0 Å². The molecule has 1 aliphatic carbocycles. The maximum absolute atomic E-state index is 13.1. The summed E-state index contributed by atoms with van der Waals surface area (Å²) in [6.07, 6.45) is 7.76. The van der Waals surface area contributed by atoms with Crippen LogP contribution in [-0.2, 0) is 11.8 Å². The number of anilines is 2. The third kappa shape index (κ3) is 3.19. The molecule has 0 bridgehead atoms. The van der Waals surface area contributed by atoms with E-state index < -0.39 is 0 Å². The van der Waals surface area contributed by atoms with Gasteiger partial charge in [0.2, 0.25) is 5.95 Å². The van der Waals surface area contributed by atoms with Crippen LogP contribution in [0.3, 0.4) is 0 Å². The molecule has 7 nitrogen and oxygen atoms in total. The molecular formula is C21H28N6O. The highest BCUT2D eigenvalue weighted by molar-refractivity contribution is 5.94. The minimum Gasteiger partial charge on any atom is -0.363 e. The molecular weight excluding hydrogens is 352 g/mol. The maximum atomic E-state index is 13.1. The number of carbonyl (C=O) groups is 1. The number of piperidine rings is 1. The Hall–Kier alpha value is -2.70. The molecule has 1 aliphatic heterocycles. The minimum atomic E-state index is -0.0477. The molecule has 1 unspecified atom stereocenters. The molecule has 3 heterocycles. The van der Waals surface area contributed by atoms with Crippen LogP contribution >= 0.6 is 0 Å². The van der Waals surface area contributed by atoms with E-state index in [9.17, 15) is 4.79 Å². The van der Waals surface area contributed by atoms with Crippen LogP contribution in [0.15, 0.2) is 24.5 Å². The van der Waals surface area contributed by atoms with Gasteiger partial charge in [0.1, 0.15) is 5.82 Å². The zero-order valence-corrected chi connectivity index (χ0v) is 17.1. The Morgan fingerprint density at radius 1 is 1.07 bits per heavy atom. The molecule has 2 aliphatic rings. The average molecular weight is 380 g/mol. The van der Waals surface area contributed by atoms with Gasteiger partial charge in [0, 0.05) is 59.1 Å². The van der Waals surface area contributed by atoms with Crippen molar-refractivity contribution in [1.29, 1.82) is 0 Å². The fraction of sp³-hybridized carbons (Fsp3) is 0.524. The molecule has 0 N–H and O–H groups in total. The van der Waals surface area contributed by atoms with Gasteiger partial charge in [-0.2, -0.15) is 0 Å². The molecule has 2 aromatic rings. The van der Waals surface area contributed by atoms with Crippen LogP contribution in [-0.4, -0.2) is 67.0 Å². The summed E-state index contributed by atoms with van der Waals surface area (Å²) in [6, 6.07) is 3.77. The summed E-state index contributed by atoms with van der Waals surface area (Å²) in [4.78, 5) is 32.8. The molecule has 0 radical (unpaired) electrons. The molecule has 1 fully saturated rings. The smallest absolute Gasteiger partial charge is 0.255 e. The van der Waals surface area contributed by atoms with Crippen LogP contribution in [0.4, 0.5) is 11.8 Å². The number of nitrogens with zero attached hydrogens (tertiary/aromatic N) is 6. The molecule has 1 saturated heterocycles. The highest BCUT2D eigenvalue weighted by Crippen LogP contribution is 2.44. The lowest BCUT2D eigenvalue weighted by Gasteiger charge is -2.40. The number of carbonyl (C=O) groups excluding carboxylic acids is 1. The minimum absolute atomic E-state index is 0.0477. The fourth-order valence-corrected chi connectivity index (χ4v) is 4.41. The molecule has 0 aromatic carbocycles. The Kier molecular flexibility index (Phi) is 4.69. The Labute approximate surface area is 166 Å². The zero-order chi connectivity index (χ0) is 19.9. The molecule has 28 heavy (non-hydrogen) atoms. The third-order valence-corrected chi connectivity index (χ3v) is 5.94. The first-order valence-electron chi connectivity index (χ1n) is 9.86. The Morgan fingerprint density at radius 2 is 1.89 bits per heavy atom. The first-order chi connectivity index (χ1) is 13.4. The monoisotopic (exact) mass is 380 g/mol. The number of fused-ring (bicyclic) bond motifs is 2. The lowest BCUT2D eigenvalue weighted by atomic mass is 9.77. The van der Waals surface area contributed by atoms with Gasteiger partial charge in [-0.15, -0.1) is 0 Å². The number of rotatable bonds is 3. The van der Waals surface area contributed by atoms with Crippen LogP contribution in [0, 0.1) is 0 Å². The summed E-state index contributed by atoms with van der Waals surface area (Å²) in [7, 11) is 7.81. The fourth-order valence-electron chi connectivity index (χ4n) is 4.41. The number of aromatic nitrogens is 3. The second-order valence-corrected chi connectivity index (χ2v) is 8.35. The maximum Gasteiger partial charge on any atom is 0.255 e. The van der Waals surface area contributed by atoms with E-state index in [1.807, 2.05) is 61.2 Å². The van der Waals surface area contributed by atoms with Crippen molar-refractivity contribution in [2.24, 2.45) is 0 Å². The zero-order valence-electron chi connectivity index (χ0n) is 17.1. The van der Waals surface area contributed by atoms with E-state index in [0.29, 0.717) is 5.56 Å². The quantitative estimate of drug-likeness (QED) is 0.813. The van der Waals surface area contributed by atoms with E-state index in [1.54, 1.807) is 6.20 Å². The Morgan fingerprint density at radius 3 is 2.57 bits per heavy atom. The van der Waals surface area contributed by atoms with Crippen molar-refractivity contribution in [2.75, 3.05) is 51.1 Å². The second-order valence-electron chi connectivity index (χ2n) is 8.35. The number of pyridine rings is 1. The number of hydrogen-bond donors (Lipinski definition) is 0. The predicted molar refractivity (Wildman–Crippen MR) is 110 cm³/mol. The topological polar surface area (TPSA) is 65.5 Å². The Balaban J connectivity index is 1.59. The van der Waals surface area contributed by atoms with Crippen LogP contribution in [0.1, 0.15) is 40.9 Å². The lowest BCUT2D eigenvalue weighted by molar-refractivity contribution is 0.0633. The van der Waals surface area contributed by atoms with Crippen molar-refractivity contribution in [1.82, 2.24) is 19.9 Å². The molecule has 1 spiro atoms. The predicted octanol–water partition coefficient (Wildman–Crippen LogP) is 2.12. The van der Waals surface area contributed by atoms with E-state index >= 15 is 0 Å². The summed E-state index contributed by atoms with van der Waals surface area (Å²) in [5, 5.41) is 0. The van der Waals surface area contributed by atoms with Gasteiger partial charge in [0.05, 0.1) is 11.3 Å².